The van der Waals surface area contributed by atoms with E-state index in [2.05, 4.69) is 41.5 Å². The molecule has 0 spiro atoms. The summed E-state index contributed by atoms with van der Waals surface area (Å²) >= 11 is 1.64. The van der Waals surface area contributed by atoms with Gasteiger partial charge in [-0.05, 0) is 42.5 Å². The number of rotatable bonds is 5. The summed E-state index contributed by atoms with van der Waals surface area (Å²) in [7, 11) is 0. The van der Waals surface area contributed by atoms with E-state index in [0.717, 1.165) is 41.6 Å². The summed E-state index contributed by atoms with van der Waals surface area (Å²) < 4.78 is 15.2. The van der Waals surface area contributed by atoms with Crippen molar-refractivity contribution in [3.8, 4) is 33.1 Å². The van der Waals surface area contributed by atoms with Crippen molar-refractivity contribution >= 4 is 45.0 Å². The third kappa shape index (κ3) is 3.93. The molecule has 1 saturated carbocycles. The highest BCUT2D eigenvalue weighted by molar-refractivity contribution is 7.13. The van der Waals surface area contributed by atoms with Crippen molar-refractivity contribution in [1.82, 2.24) is 30.1 Å². The van der Waals surface area contributed by atoms with Crippen molar-refractivity contribution in [1.29, 1.82) is 0 Å². The standard InChI is InChI=1S/C28H22FN7OS/c29-21-12-22-20(11-19(21)16-10-17(14-30-13-16)32-28(37)15-4-1-2-5-15)25(36-35-22)27-33-24-18(23-6-3-9-38-23)7-8-31-26(24)34-27/h3,6-15H,1-2,4-5H2,(H,32,37)(H,35,36)(H,31,33,34). The van der Waals surface area contributed by atoms with Crippen LogP contribution >= 0.6 is 11.3 Å². The fourth-order valence-corrected chi connectivity index (χ4v) is 5.95. The summed E-state index contributed by atoms with van der Waals surface area (Å²) in [5, 5.41) is 13.1. The first-order chi connectivity index (χ1) is 18.6. The molecule has 0 unspecified atom stereocenters. The number of halogens is 1. The Morgan fingerprint density at radius 3 is 2.84 bits per heavy atom. The second kappa shape index (κ2) is 9.14. The van der Waals surface area contributed by atoms with E-state index in [1.54, 1.807) is 42.1 Å². The lowest BCUT2D eigenvalue weighted by atomic mass is 10.0. The van der Waals surface area contributed by atoms with E-state index >= 15 is 4.39 Å². The van der Waals surface area contributed by atoms with Crippen LogP contribution in [0.15, 0.2) is 60.4 Å². The maximum Gasteiger partial charge on any atom is 0.227 e. The molecule has 6 aromatic rings. The minimum absolute atomic E-state index is 0.00472. The van der Waals surface area contributed by atoms with Gasteiger partial charge in [-0.2, -0.15) is 5.10 Å². The molecule has 5 heterocycles. The molecule has 7 rings (SSSR count). The third-order valence-corrected chi connectivity index (χ3v) is 8.00. The summed E-state index contributed by atoms with van der Waals surface area (Å²) in [5.41, 5.74) is 5.00. The maximum atomic E-state index is 15.2. The molecule has 0 bridgehead atoms. The number of aromatic nitrogens is 6. The van der Waals surface area contributed by atoms with E-state index in [9.17, 15) is 4.79 Å². The topological polar surface area (TPSA) is 112 Å². The molecule has 1 amide bonds. The quantitative estimate of drug-likeness (QED) is 0.237. The number of hydrogen-bond acceptors (Lipinski definition) is 6. The predicted octanol–water partition coefficient (Wildman–Crippen LogP) is 6.56. The van der Waals surface area contributed by atoms with Gasteiger partial charge in [0.05, 0.1) is 22.9 Å². The number of fused-ring (bicyclic) bond motifs is 2. The van der Waals surface area contributed by atoms with Gasteiger partial charge in [-0.3, -0.25) is 14.9 Å². The number of nitrogens with zero attached hydrogens (tertiary/aromatic N) is 4. The number of H-pyrrole nitrogens is 2. The van der Waals surface area contributed by atoms with E-state index in [1.807, 2.05) is 17.5 Å². The average molecular weight is 524 g/mol. The van der Waals surface area contributed by atoms with Crippen molar-refractivity contribution in [2.45, 2.75) is 25.7 Å². The number of carbonyl (C=O) groups is 1. The summed E-state index contributed by atoms with van der Waals surface area (Å²) in [6.45, 7) is 0. The molecule has 38 heavy (non-hydrogen) atoms. The van der Waals surface area contributed by atoms with E-state index in [1.165, 1.54) is 6.07 Å². The first kappa shape index (κ1) is 22.7. The lowest BCUT2D eigenvalue weighted by Gasteiger charge is -2.11. The Bertz CT molecular complexity index is 1800. The smallest absolute Gasteiger partial charge is 0.227 e. The number of carbonyl (C=O) groups excluding carboxylic acids is 1. The molecule has 0 radical (unpaired) electrons. The zero-order chi connectivity index (χ0) is 25.6. The SMILES string of the molecule is O=C(Nc1cncc(-c2cc3c(-c4nc5nccc(-c6cccs6)c5[nH]4)n[nH]c3cc2F)c1)C1CCCC1. The molecule has 1 fully saturated rings. The van der Waals surface area contributed by atoms with E-state index in [0.29, 0.717) is 44.9 Å². The van der Waals surface area contributed by atoms with Crippen LogP contribution in [0.25, 0.3) is 55.2 Å². The first-order valence-electron chi connectivity index (χ1n) is 12.5. The second-order valence-corrected chi connectivity index (χ2v) is 10.5. The Morgan fingerprint density at radius 2 is 2.00 bits per heavy atom. The Balaban J connectivity index is 1.27. The zero-order valence-electron chi connectivity index (χ0n) is 20.2. The lowest BCUT2D eigenvalue weighted by molar-refractivity contribution is -0.119. The van der Waals surface area contributed by atoms with Gasteiger partial charge in [0, 0.05) is 51.3 Å². The lowest BCUT2D eigenvalue weighted by Crippen LogP contribution is -2.20. The van der Waals surface area contributed by atoms with Crippen LogP contribution in [0.3, 0.4) is 0 Å². The minimum atomic E-state index is -0.417. The summed E-state index contributed by atoms with van der Waals surface area (Å²) in [6, 6.07) is 10.9. The van der Waals surface area contributed by atoms with Crippen LogP contribution in [-0.2, 0) is 4.79 Å². The number of amides is 1. The van der Waals surface area contributed by atoms with Gasteiger partial charge in [-0.25, -0.2) is 14.4 Å². The van der Waals surface area contributed by atoms with Crippen LogP contribution in [0.2, 0.25) is 0 Å². The van der Waals surface area contributed by atoms with Gasteiger partial charge in [0.1, 0.15) is 11.5 Å². The van der Waals surface area contributed by atoms with Crippen LogP contribution in [0.5, 0.6) is 0 Å². The molecule has 1 aliphatic carbocycles. The largest absolute Gasteiger partial charge is 0.335 e. The van der Waals surface area contributed by atoms with Crippen molar-refractivity contribution < 1.29 is 9.18 Å². The van der Waals surface area contributed by atoms with Crippen LogP contribution in [0, 0.1) is 11.7 Å². The predicted molar refractivity (Wildman–Crippen MR) is 146 cm³/mol. The Morgan fingerprint density at radius 1 is 1.11 bits per heavy atom. The first-order valence-corrected chi connectivity index (χ1v) is 13.3. The maximum absolute atomic E-state index is 15.2. The van der Waals surface area contributed by atoms with Crippen LogP contribution < -0.4 is 5.32 Å². The summed E-state index contributed by atoms with van der Waals surface area (Å²) in [5.74, 6) is 0.143. The Hall–Kier alpha value is -4.44. The van der Waals surface area contributed by atoms with Crippen molar-refractivity contribution in [3.63, 3.8) is 0 Å². The molecule has 5 aromatic heterocycles. The molecule has 10 heteroatoms. The minimum Gasteiger partial charge on any atom is -0.335 e. The number of nitrogens with one attached hydrogen (secondary N) is 3. The number of imidazole rings is 1. The molecule has 1 aromatic carbocycles. The molecule has 1 aliphatic rings. The molecule has 8 nitrogen and oxygen atoms in total. The number of aromatic amines is 2. The Labute approximate surface area is 220 Å². The highest BCUT2D eigenvalue weighted by atomic mass is 32.1. The van der Waals surface area contributed by atoms with Gasteiger partial charge in [-0.1, -0.05) is 18.9 Å². The van der Waals surface area contributed by atoms with Gasteiger partial charge in [0.25, 0.3) is 0 Å². The number of pyridine rings is 2. The van der Waals surface area contributed by atoms with Gasteiger partial charge in [0.15, 0.2) is 11.5 Å². The van der Waals surface area contributed by atoms with Crippen molar-refractivity contribution in [2.24, 2.45) is 5.92 Å². The number of benzene rings is 1. The molecule has 0 saturated heterocycles. The number of anilines is 1. The average Bonchev–Trinajstić information content (AvgIpc) is 3.73. The van der Waals surface area contributed by atoms with Crippen LogP contribution in [0.1, 0.15) is 25.7 Å². The zero-order valence-corrected chi connectivity index (χ0v) is 21.0. The van der Waals surface area contributed by atoms with Crippen LogP contribution in [0.4, 0.5) is 10.1 Å². The normalized spacial score (nSPS) is 14.0. The van der Waals surface area contributed by atoms with E-state index in [4.69, 9.17) is 0 Å². The molecule has 0 atom stereocenters. The van der Waals surface area contributed by atoms with Gasteiger partial charge < -0.3 is 10.3 Å². The second-order valence-electron chi connectivity index (χ2n) is 9.50. The fraction of sp³-hybridized carbons (Fsp3) is 0.179. The summed E-state index contributed by atoms with van der Waals surface area (Å²) in [6.07, 6.45) is 8.87. The molecule has 188 valence electrons. The fourth-order valence-electron chi connectivity index (χ4n) is 5.19. The summed E-state index contributed by atoms with van der Waals surface area (Å²) in [4.78, 5) is 30.5. The monoisotopic (exact) mass is 523 g/mol. The van der Waals surface area contributed by atoms with Gasteiger partial charge >= 0.3 is 0 Å². The Kier molecular flexibility index (Phi) is 5.47. The van der Waals surface area contributed by atoms with E-state index < -0.39 is 5.82 Å². The van der Waals surface area contributed by atoms with Gasteiger partial charge in [0.2, 0.25) is 5.91 Å². The van der Waals surface area contributed by atoms with Crippen molar-refractivity contribution in [3.05, 3.63) is 66.2 Å². The highest BCUT2D eigenvalue weighted by Crippen LogP contribution is 2.35. The highest BCUT2D eigenvalue weighted by Gasteiger charge is 2.23. The van der Waals surface area contributed by atoms with Crippen LogP contribution in [-0.4, -0.2) is 36.0 Å². The molecule has 0 aliphatic heterocycles. The van der Waals surface area contributed by atoms with Gasteiger partial charge in [-0.15, -0.1) is 11.3 Å². The van der Waals surface area contributed by atoms with E-state index in [-0.39, 0.29) is 11.8 Å². The molecule has 3 N–H and O–H groups in total. The molecular weight excluding hydrogens is 501 g/mol. The third-order valence-electron chi connectivity index (χ3n) is 7.10. The number of hydrogen-bond donors (Lipinski definition) is 3. The number of thiophene rings is 1. The van der Waals surface area contributed by atoms with Crippen molar-refractivity contribution in [2.75, 3.05) is 5.32 Å². The molecular formula is C28H22FN7OS.